The van der Waals surface area contributed by atoms with Crippen LogP contribution in [0, 0.1) is 0 Å². The molecule has 0 unspecified atom stereocenters. The number of nitrogens with zero attached hydrogens (tertiary/aromatic N) is 1. The molecule has 6 nitrogen and oxygen atoms in total. The number of nitrogens with one attached hydrogen (secondary N) is 2. The lowest BCUT2D eigenvalue weighted by molar-refractivity contribution is -0.113. The van der Waals surface area contributed by atoms with Crippen molar-refractivity contribution >= 4 is 45.7 Å². The van der Waals surface area contributed by atoms with Crippen LogP contribution in [-0.2, 0) is 4.79 Å². The lowest BCUT2D eigenvalue weighted by Crippen LogP contribution is -2.14. The third-order valence-corrected chi connectivity index (χ3v) is 5.18. The van der Waals surface area contributed by atoms with Crippen LogP contribution in [-0.4, -0.2) is 29.7 Å². The van der Waals surface area contributed by atoms with Crippen molar-refractivity contribution in [3.05, 3.63) is 65.7 Å². The molecule has 0 bridgehead atoms. The lowest BCUT2D eigenvalue weighted by atomic mass is 10.2. The third kappa shape index (κ3) is 5.57. The summed E-state index contributed by atoms with van der Waals surface area (Å²) in [6, 6.07) is 14.3. The Morgan fingerprint density at radius 3 is 2.67 bits per heavy atom. The zero-order valence-corrected chi connectivity index (χ0v) is 16.1. The molecule has 0 aliphatic carbocycles. The van der Waals surface area contributed by atoms with Gasteiger partial charge in [0.05, 0.1) is 12.9 Å². The van der Waals surface area contributed by atoms with Crippen LogP contribution < -0.4 is 15.4 Å². The molecule has 0 atom stereocenters. The van der Waals surface area contributed by atoms with Crippen molar-refractivity contribution in [2.24, 2.45) is 0 Å². The van der Waals surface area contributed by atoms with Crippen molar-refractivity contribution in [3.8, 4) is 5.75 Å². The van der Waals surface area contributed by atoms with Gasteiger partial charge in [-0.2, -0.15) is 0 Å². The quantitative estimate of drug-likeness (QED) is 0.584. The summed E-state index contributed by atoms with van der Waals surface area (Å²) in [5.74, 6) is 0.625. The summed E-state index contributed by atoms with van der Waals surface area (Å²) in [6.07, 6.45) is 1.64. The second-order valence-electron chi connectivity index (χ2n) is 5.38. The second-order valence-corrected chi connectivity index (χ2v) is 7.33. The van der Waals surface area contributed by atoms with Crippen molar-refractivity contribution < 1.29 is 14.3 Å². The third-order valence-electron chi connectivity index (χ3n) is 3.49. The summed E-state index contributed by atoms with van der Waals surface area (Å²) in [6.45, 7) is 0. The first-order chi connectivity index (χ1) is 13.1. The van der Waals surface area contributed by atoms with E-state index >= 15 is 0 Å². The van der Waals surface area contributed by atoms with Crippen molar-refractivity contribution in [2.45, 2.75) is 4.90 Å². The highest BCUT2D eigenvalue weighted by Crippen LogP contribution is 2.23. The Kier molecular flexibility index (Phi) is 6.45. The highest BCUT2D eigenvalue weighted by molar-refractivity contribution is 8.00. The zero-order valence-electron chi connectivity index (χ0n) is 14.5. The largest absolute Gasteiger partial charge is 0.497 e. The minimum absolute atomic E-state index is 0.123. The van der Waals surface area contributed by atoms with Crippen LogP contribution in [0.1, 0.15) is 10.4 Å². The first-order valence-corrected chi connectivity index (χ1v) is 9.88. The number of amides is 2. The zero-order chi connectivity index (χ0) is 19.1. The number of thiazole rings is 1. The van der Waals surface area contributed by atoms with Gasteiger partial charge in [0.15, 0.2) is 5.13 Å². The van der Waals surface area contributed by atoms with E-state index < -0.39 is 0 Å². The predicted octanol–water partition coefficient (Wildman–Crippen LogP) is 4.13. The van der Waals surface area contributed by atoms with E-state index in [0.717, 1.165) is 4.90 Å². The minimum atomic E-state index is -0.207. The van der Waals surface area contributed by atoms with Crippen molar-refractivity contribution in [1.29, 1.82) is 0 Å². The molecule has 3 aromatic rings. The fourth-order valence-corrected chi connectivity index (χ4v) is 3.50. The number of carbonyl (C=O) groups excluding carboxylic acids is 2. The van der Waals surface area contributed by atoms with Gasteiger partial charge in [-0.25, -0.2) is 4.98 Å². The van der Waals surface area contributed by atoms with Crippen LogP contribution in [0.25, 0.3) is 0 Å². The van der Waals surface area contributed by atoms with Gasteiger partial charge < -0.3 is 15.4 Å². The van der Waals surface area contributed by atoms with E-state index in [4.69, 9.17) is 4.74 Å². The Morgan fingerprint density at radius 1 is 1.15 bits per heavy atom. The molecule has 0 aliphatic rings. The standard InChI is InChI=1S/C19H17N3O3S2/c1-25-15-7-5-13(6-8-15)18(24)21-14-3-2-4-16(11-14)27-12-17(23)22-19-20-9-10-26-19/h2-11H,12H2,1H3,(H,21,24)(H,20,22,23). The van der Waals surface area contributed by atoms with Crippen LogP contribution in [0.2, 0.25) is 0 Å². The summed E-state index contributed by atoms with van der Waals surface area (Å²) in [5, 5.41) is 7.98. The predicted molar refractivity (Wildman–Crippen MR) is 109 cm³/mol. The monoisotopic (exact) mass is 399 g/mol. The number of hydrogen-bond acceptors (Lipinski definition) is 6. The van der Waals surface area contributed by atoms with E-state index in [1.54, 1.807) is 49.0 Å². The van der Waals surface area contributed by atoms with Crippen molar-refractivity contribution in [3.63, 3.8) is 0 Å². The number of ether oxygens (including phenoxy) is 1. The fourth-order valence-electron chi connectivity index (χ4n) is 2.20. The van der Waals surface area contributed by atoms with E-state index in [2.05, 4.69) is 15.6 Å². The molecular weight excluding hydrogens is 382 g/mol. The molecule has 3 rings (SSSR count). The molecule has 2 aromatic carbocycles. The van der Waals surface area contributed by atoms with Crippen molar-refractivity contribution in [2.75, 3.05) is 23.5 Å². The number of anilines is 2. The van der Waals surface area contributed by atoms with Gasteiger partial charge in [0, 0.05) is 27.7 Å². The average Bonchev–Trinajstić information content (AvgIpc) is 3.20. The molecular formula is C19H17N3O3S2. The Bertz CT molecular complexity index is 912. The Balaban J connectivity index is 1.56. The van der Waals surface area contributed by atoms with Gasteiger partial charge in [0.1, 0.15) is 5.75 Å². The van der Waals surface area contributed by atoms with E-state index in [9.17, 15) is 9.59 Å². The second kappa shape index (κ2) is 9.20. The number of thioether (sulfide) groups is 1. The van der Waals surface area contributed by atoms with Gasteiger partial charge >= 0.3 is 0 Å². The number of rotatable bonds is 7. The Labute approximate surface area is 165 Å². The van der Waals surface area contributed by atoms with Gasteiger partial charge in [-0.05, 0) is 42.5 Å². The maximum absolute atomic E-state index is 12.3. The van der Waals surface area contributed by atoms with Crippen LogP contribution in [0.5, 0.6) is 5.75 Å². The number of hydrogen-bond donors (Lipinski definition) is 2. The molecule has 1 heterocycles. The molecule has 27 heavy (non-hydrogen) atoms. The Hall–Kier alpha value is -2.84. The molecule has 8 heteroatoms. The first-order valence-electron chi connectivity index (χ1n) is 8.01. The molecule has 0 fully saturated rings. The van der Waals surface area contributed by atoms with E-state index in [1.165, 1.54) is 23.1 Å². The summed E-state index contributed by atoms with van der Waals surface area (Å²) in [4.78, 5) is 29.2. The number of benzene rings is 2. The molecule has 138 valence electrons. The average molecular weight is 399 g/mol. The maximum Gasteiger partial charge on any atom is 0.255 e. The molecule has 0 aliphatic heterocycles. The smallest absolute Gasteiger partial charge is 0.255 e. The first kappa shape index (κ1) is 18.9. The number of methoxy groups -OCH3 is 1. The van der Waals surface area contributed by atoms with E-state index in [1.807, 2.05) is 18.2 Å². The van der Waals surface area contributed by atoms with Gasteiger partial charge in [0.25, 0.3) is 5.91 Å². The minimum Gasteiger partial charge on any atom is -0.497 e. The van der Waals surface area contributed by atoms with Gasteiger partial charge in [-0.3, -0.25) is 9.59 Å². The summed E-state index contributed by atoms with van der Waals surface area (Å²) >= 11 is 2.76. The lowest BCUT2D eigenvalue weighted by Gasteiger charge is -2.08. The van der Waals surface area contributed by atoms with Crippen LogP contribution in [0.15, 0.2) is 65.0 Å². The highest BCUT2D eigenvalue weighted by atomic mass is 32.2. The Morgan fingerprint density at radius 2 is 1.96 bits per heavy atom. The van der Waals surface area contributed by atoms with Gasteiger partial charge in [-0.15, -0.1) is 23.1 Å². The summed E-state index contributed by atoms with van der Waals surface area (Å²) in [5.41, 5.74) is 1.21. The van der Waals surface area contributed by atoms with Crippen LogP contribution in [0.4, 0.5) is 10.8 Å². The van der Waals surface area contributed by atoms with Crippen molar-refractivity contribution in [1.82, 2.24) is 4.98 Å². The maximum atomic E-state index is 12.3. The molecule has 0 radical (unpaired) electrons. The van der Waals surface area contributed by atoms with Gasteiger partial charge in [0.2, 0.25) is 5.91 Å². The molecule has 0 saturated heterocycles. The summed E-state index contributed by atoms with van der Waals surface area (Å²) in [7, 11) is 1.58. The van der Waals surface area contributed by atoms with Crippen LogP contribution in [0.3, 0.4) is 0 Å². The molecule has 0 saturated carbocycles. The SMILES string of the molecule is COc1ccc(C(=O)Nc2cccc(SCC(=O)Nc3nccs3)c2)cc1. The van der Waals surface area contributed by atoms with E-state index in [-0.39, 0.29) is 17.6 Å². The van der Waals surface area contributed by atoms with Crippen LogP contribution >= 0.6 is 23.1 Å². The molecule has 2 amide bonds. The van der Waals surface area contributed by atoms with E-state index in [0.29, 0.717) is 22.1 Å². The normalized spacial score (nSPS) is 10.3. The molecule has 1 aromatic heterocycles. The topological polar surface area (TPSA) is 80.3 Å². The number of carbonyl (C=O) groups is 2. The number of aromatic nitrogens is 1. The highest BCUT2D eigenvalue weighted by Gasteiger charge is 2.08. The molecule has 2 N–H and O–H groups in total. The summed E-state index contributed by atoms with van der Waals surface area (Å²) < 4.78 is 5.09. The molecule has 0 spiro atoms. The van der Waals surface area contributed by atoms with Gasteiger partial charge in [-0.1, -0.05) is 6.07 Å². The fraction of sp³-hybridized carbons (Fsp3) is 0.105.